The molecule has 3 heterocycles. The lowest BCUT2D eigenvalue weighted by Gasteiger charge is -2.29. The molecule has 3 amide bonds. The van der Waals surface area contributed by atoms with Crippen molar-refractivity contribution in [2.45, 2.75) is 0 Å². The summed E-state index contributed by atoms with van der Waals surface area (Å²) in [5.41, 5.74) is 5.20. The van der Waals surface area contributed by atoms with E-state index in [2.05, 4.69) is 31.6 Å². The van der Waals surface area contributed by atoms with Crippen LogP contribution in [0.1, 0.15) is 10.4 Å². The number of benzene rings is 3. The molecule has 12 nitrogen and oxygen atoms in total. The molecule has 1 saturated heterocycles. The van der Waals surface area contributed by atoms with Crippen LogP contribution in [0.4, 0.5) is 27.9 Å². The van der Waals surface area contributed by atoms with Crippen LogP contribution >= 0.6 is 0 Å². The van der Waals surface area contributed by atoms with Gasteiger partial charge < -0.3 is 30.1 Å². The number of urea groups is 1. The van der Waals surface area contributed by atoms with Crippen molar-refractivity contribution in [2.75, 3.05) is 74.9 Å². The standard InChI is InChI=1S/C34H35N9O3/c1-41(2)32(44)23-7-12-27(13-8-23)38-34(45)37-26-10-5-22(6-11-26)30-39-29-19-24(25-20-35-33(36-21-25)42(3)4)9-14-28(29)31(40-30)43-15-17-46-18-16-43/h5-14,19-21H,15-18H2,1-4H3,(H2,37,38,45). The number of nitrogens with zero attached hydrogens (tertiary/aromatic N) is 7. The number of hydrogen-bond acceptors (Lipinski definition) is 9. The molecule has 1 aliphatic heterocycles. The number of fused-ring (bicyclic) bond motifs is 1. The van der Waals surface area contributed by atoms with E-state index in [0.29, 0.717) is 41.9 Å². The maximum absolute atomic E-state index is 12.7. The molecule has 1 aliphatic rings. The topological polar surface area (TPSA) is 129 Å². The number of anilines is 4. The van der Waals surface area contributed by atoms with Crippen LogP contribution in [0, 0.1) is 0 Å². The molecule has 46 heavy (non-hydrogen) atoms. The molecular weight excluding hydrogens is 582 g/mol. The summed E-state index contributed by atoms with van der Waals surface area (Å²) in [5, 5.41) is 6.60. The van der Waals surface area contributed by atoms with Crippen molar-refractivity contribution in [3.63, 3.8) is 0 Å². The van der Waals surface area contributed by atoms with Gasteiger partial charge in [-0.15, -0.1) is 0 Å². The van der Waals surface area contributed by atoms with Gasteiger partial charge in [0.1, 0.15) is 5.82 Å². The van der Waals surface area contributed by atoms with Crippen molar-refractivity contribution in [3.05, 3.63) is 84.7 Å². The van der Waals surface area contributed by atoms with Gasteiger partial charge in [-0.3, -0.25) is 4.79 Å². The number of amides is 3. The maximum atomic E-state index is 12.7. The molecule has 234 valence electrons. The summed E-state index contributed by atoms with van der Waals surface area (Å²) in [6.07, 6.45) is 3.63. The Morgan fingerprint density at radius 1 is 0.761 bits per heavy atom. The smallest absolute Gasteiger partial charge is 0.323 e. The molecule has 1 fully saturated rings. The minimum Gasteiger partial charge on any atom is -0.378 e. The third-order valence-electron chi connectivity index (χ3n) is 7.56. The Morgan fingerprint density at radius 2 is 1.37 bits per heavy atom. The Hall–Kier alpha value is -5.62. The fourth-order valence-corrected chi connectivity index (χ4v) is 5.09. The fraction of sp³-hybridized carbons (Fsp3) is 0.235. The van der Waals surface area contributed by atoms with Crippen molar-refractivity contribution in [1.29, 1.82) is 0 Å². The minimum absolute atomic E-state index is 0.103. The molecule has 0 radical (unpaired) electrons. The number of nitrogens with one attached hydrogen (secondary N) is 2. The fourth-order valence-electron chi connectivity index (χ4n) is 5.09. The SMILES string of the molecule is CN(C)C(=O)c1ccc(NC(=O)Nc2ccc(-c3nc(N4CCOCC4)c4ccc(-c5cnc(N(C)C)nc5)cc4n3)cc2)cc1. The Balaban J connectivity index is 1.24. The van der Waals surface area contributed by atoms with Crippen LogP contribution in [0.25, 0.3) is 33.4 Å². The van der Waals surface area contributed by atoms with Crippen LogP contribution in [0.2, 0.25) is 0 Å². The van der Waals surface area contributed by atoms with E-state index in [4.69, 9.17) is 14.7 Å². The van der Waals surface area contributed by atoms with Crippen LogP contribution in [-0.4, -0.2) is 91.3 Å². The molecule has 5 aromatic rings. The maximum Gasteiger partial charge on any atom is 0.323 e. The Kier molecular flexibility index (Phi) is 8.70. The zero-order valence-electron chi connectivity index (χ0n) is 26.2. The van der Waals surface area contributed by atoms with E-state index in [0.717, 1.165) is 46.5 Å². The van der Waals surface area contributed by atoms with Crippen LogP contribution in [0.15, 0.2) is 79.1 Å². The highest BCUT2D eigenvalue weighted by molar-refractivity contribution is 6.00. The summed E-state index contributed by atoms with van der Waals surface area (Å²) in [4.78, 5) is 49.3. The van der Waals surface area contributed by atoms with Gasteiger partial charge >= 0.3 is 6.03 Å². The van der Waals surface area contributed by atoms with Crippen LogP contribution in [-0.2, 0) is 4.74 Å². The Bertz CT molecular complexity index is 1850. The second kappa shape index (κ2) is 13.2. The number of carbonyl (C=O) groups is 2. The van der Waals surface area contributed by atoms with Gasteiger partial charge in [0.05, 0.1) is 18.7 Å². The van der Waals surface area contributed by atoms with Crippen molar-refractivity contribution >= 4 is 46.0 Å². The molecule has 0 saturated carbocycles. The Morgan fingerprint density at radius 3 is 1.98 bits per heavy atom. The first-order valence-corrected chi connectivity index (χ1v) is 14.9. The van der Waals surface area contributed by atoms with Gasteiger partial charge in [-0.05, 0) is 66.2 Å². The summed E-state index contributed by atoms with van der Waals surface area (Å²) < 4.78 is 5.60. The first-order valence-electron chi connectivity index (χ1n) is 14.9. The summed E-state index contributed by atoms with van der Waals surface area (Å²) in [6, 6.07) is 19.9. The lowest BCUT2D eigenvalue weighted by molar-refractivity contribution is 0.0827. The van der Waals surface area contributed by atoms with E-state index in [-0.39, 0.29) is 5.91 Å². The summed E-state index contributed by atoms with van der Waals surface area (Å²) in [5.74, 6) is 1.97. The third-order valence-corrected chi connectivity index (χ3v) is 7.56. The van der Waals surface area contributed by atoms with Crippen LogP contribution in [0.3, 0.4) is 0 Å². The average Bonchev–Trinajstić information content (AvgIpc) is 3.08. The first kappa shape index (κ1) is 30.4. The number of rotatable bonds is 7. The number of carbonyl (C=O) groups excluding carboxylic acids is 2. The summed E-state index contributed by atoms with van der Waals surface area (Å²) in [6.45, 7) is 2.74. The van der Waals surface area contributed by atoms with E-state index >= 15 is 0 Å². The number of morpholine rings is 1. The van der Waals surface area contributed by atoms with E-state index in [1.54, 1.807) is 38.4 Å². The van der Waals surface area contributed by atoms with Gasteiger partial charge in [0.2, 0.25) is 5.95 Å². The second-order valence-electron chi connectivity index (χ2n) is 11.3. The molecule has 2 N–H and O–H groups in total. The van der Waals surface area contributed by atoms with Gasteiger partial charge in [-0.1, -0.05) is 6.07 Å². The highest BCUT2D eigenvalue weighted by Gasteiger charge is 2.19. The van der Waals surface area contributed by atoms with Crippen molar-refractivity contribution in [3.8, 4) is 22.5 Å². The summed E-state index contributed by atoms with van der Waals surface area (Å²) >= 11 is 0. The third kappa shape index (κ3) is 6.71. The van der Waals surface area contributed by atoms with E-state index < -0.39 is 6.03 Å². The predicted molar refractivity (Wildman–Crippen MR) is 180 cm³/mol. The van der Waals surface area contributed by atoms with Crippen LogP contribution < -0.4 is 20.4 Å². The predicted octanol–water partition coefficient (Wildman–Crippen LogP) is 5.00. The lowest BCUT2D eigenvalue weighted by Crippen LogP contribution is -2.37. The van der Waals surface area contributed by atoms with Crippen molar-refractivity contribution in [2.24, 2.45) is 0 Å². The number of hydrogen-bond donors (Lipinski definition) is 2. The highest BCUT2D eigenvalue weighted by atomic mass is 16.5. The molecule has 0 aliphatic carbocycles. The number of ether oxygens (including phenoxy) is 1. The van der Waals surface area contributed by atoms with Gasteiger partial charge in [0.15, 0.2) is 5.82 Å². The Labute approximate surface area is 267 Å². The van der Waals surface area contributed by atoms with Gasteiger partial charge in [-0.2, -0.15) is 0 Å². The molecule has 2 aromatic heterocycles. The van der Waals surface area contributed by atoms with E-state index in [1.807, 2.05) is 67.8 Å². The largest absolute Gasteiger partial charge is 0.378 e. The first-order chi connectivity index (χ1) is 22.2. The van der Waals surface area contributed by atoms with Crippen molar-refractivity contribution < 1.29 is 14.3 Å². The van der Waals surface area contributed by atoms with Crippen LogP contribution in [0.5, 0.6) is 0 Å². The zero-order valence-corrected chi connectivity index (χ0v) is 26.2. The van der Waals surface area contributed by atoms with Crippen molar-refractivity contribution in [1.82, 2.24) is 24.8 Å². The molecule has 0 unspecified atom stereocenters. The average molecular weight is 618 g/mol. The normalized spacial score (nSPS) is 12.9. The minimum atomic E-state index is -0.397. The van der Waals surface area contributed by atoms with Gasteiger partial charge in [-0.25, -0.2) is 24.7 Å². The molecule has 0 atom stereocenters. The molecule has 3 aromatic carbocycles. The molecule has 12 heteroatoms. The van der Waals surface area contributed by atoms with Gasteiger partial charge in [0.25, 0.3) is 5.91 Å². The molecular formula is C34H35N9O3. The summed E-state index contributed by atoms with van der Waals surface area (Å²) in [7, 11) is 7.21. The van der Waals surface area contributed by atoms with Gasteiger partial charge in [0, 0.05) is 87.1 Å². The quantitative estimate of drug-likeness (QED) is 0.259. The number of aromatic nitrogens is 4. The zero-order chi connectivity index (χ0) is 32.2. The van der Waals surface area contributed by atoms with E-state index in [9.17, 15) is 9.59 Å². The molecule has 0 spiro atoms. The molecule has 6 rings (SSSR count). The second-order valence-corrected chi connectivity index (χ2v) is 11.3. The lowest BCUT2D eigenvalue weighted by atomic mass is 10.1. The van der Waals surface area contributed by atoms with E-state index in [1.165, 1.54) is 4.90 Å². The highest BCUT2D eigenvalue weighted by Crippen LogP contribution is 2.32. The molecule has 0 bridgehead atoms. The monoisotopic (exact) mass is 617 g/mol.